The van der Waals surface area contributed by atoms with Gasteiger partial charge in [0.05, 0.1) is 0 Å². The second-order valence-corrected chi connectivity index (χ2v) is 7.84. The Labute approximate surface area is 212 Å². The van der Waals surface area contributed by atoms with E-state index in [1.165, 1.54) is 0 Å². The molecule has 0 aromatic carbocycles. The molecule has 0 aromatic rings. The van der Waals surface area contributed by atoms with E-state index in [9.17, 15) is 18.9 Å². The summed E-state index contributed by atoms with van der Waals surface area (Å²) in [6, 6.07) is 0. The molecule has 0 saturated heterocycles. The molecule has 0 amide bonds. The molecule has 0 saturated carbocycles. The molecule has 0 spiro atoms. The fourth-order valence-electron chi connectivity index (χ4n) is 1.81. The third-order valence-corrected chi connectivity index (χ3v) is 4.10. The first-order chi connectivity index (χ1) is 8.64. The van der Waals surface area contributed by atoms with Crippen LogP contribution in [-0.4, -0.2) is 33.8 Å². The summed E-state index contributed by atoms with van der Waals surface area (Å²) in [4.78, 5) is 40.1. The maximum absolute atomic E-state index is 10.9. The van der Waals surface area contributed by atoms with E-state index in [0.29, 0.717) is 6.42 Å². The summed E-state index contributed by atoms with van der Waals surface area (Å²) in [6.07, 6.45) is 4.34. The van der Waals surface area contributed by atoms with Crippen molar-refractivity contribution >= 4 is 15.2 Å². The quantitative estimate of drug-likeness (QED) is 0.204. The van der Waals surface area contributed by atoms with Crippen LogP contribution in [0.3, 0.4) is 0 Å². The zero-order valence-corrected chi connectivity index (χ0v) is 21.3. The smallest absolute Gasteiger partial charge is 0.810 e. The predicted octanol–water partition coefficient (Wildman–Crippen LogP) is -5.34. The molecule has 21 heavy (non-hydrogen) atoms. The van der Waals surface area contributed by atoms with Gasteiger partial charge in [0.2, 0.25) is 0 Å². The van der Waals surface area contributed by atoms with Crippen LogP contribution in [0.2, 0.25) is 0 Å². The molecule has 11 heteroatoms. The summed E-state index contributed by atoms with van der Waals surface area (Å²) in [5.74, 6) is 0. The van der Waals surface area contributed by atoms with Gasteiger partial charge >= 0.3 is 110 Å². The molecule has 0 aromatic heterocycles. The largest absolute Gasteiger partial charge is 1.00 e. The van der Waals surface area contributed by atoms with Crippen LogP contribution in [-0.2, 0) is 9.13 Å². The fourth-order valence-corrected chi connectivity index (χ4v) is 3.46. The zero-order valence-electron chi connectivity index (χ0n) is 13.2. The molecular weight excluding hydrogens is 370 g/mol. The maximum atomic E-state index is 10.9. The normalized spacial score (nSPS) is 11.9. The van der Waals surface area contributed by atoms with Gasteiger partial charge in [-0.3, -0.25) is 9.46 Å². The Kier molecular flexibility index (Phi) is 22.0. The molecule has 0 heterocycles. The van der Waals surface area contributed by atoms with Crippen molar-refractivity contribution in [2.75, 3.05) is 19.1 Å². The second-order valence-electron chi connectivity index (χ2n) is 4.72. The van der Waals surface area contributed by atoms with Crippen molar-refractivity contribution in [1.82, 2.24) is 4.90 Å². The molecular formula is C10H23K2NO6P2. The van der Waals surface area contributed by atoms with Crippen LogP contribution in [0.4, 0.5) is 0 Å². The van der Waals surface area contributed by atoms with Gasteiger partial charge in [-0.05, 0) is 13.0 Å². The summed E-state index contributed by atoms with van der Waals surface area (Å²) < 4.78 is 21.5. The van der Waals surface area contributed by atoms with E-state index in [1.54, 1.807) is 0 Å². The van der Waals surface area contributed by atoms with E-state index in [2.05, 4.69) is 6.92 Å². The summed E-state index contributed by atoms with van der Waals surface area (Å²) in [5, 5.41) is 0. The van der Waals surface area contributed by atoms with E-state index in [-0.39, 0.29) is 109 Å². The van der Waals surface area contributed by atoms with E-state index in [1.807, 2.05) is 0 Å². The Hall–Kier alpha value is 3.53. The van der Waals surface area contributed by atoms with E-state index in [0.717, 1.165) is 37.0 Å². The molecule has 0 fully saturated rings. The molecule has 0 aliphatic carbocycles. The monoisotopic (exact) mass is 393 g/mol. The minimum Gasteiger partial charge on any atom is -0.810 e. The van der Waals surface area contributed by atoms with E-state index < -0.39 is 27.8 Å². The van der Waals surface area contributed by atoms with Crippen LogP contribution in [0, 0.1) is 0 Å². The number of hydrogen-bond donors (Lipinski definition) is 2. The van der Waals surface area contributed by atoms with Crippen LogP contribution >= 0.6 is 15.2 Å². The average Bonchev–Trinajstić information content (AvgIpc) is 2.18. The molecule has 0 aliphatic heterocycles. The fraction of sp³-hybridized carbons (Fsp3) is 1.00. The van der Waals surface area contributed by atoms with Crippen molar-refractivity contribution in [2.24, 2.45) is 0 Å². The van der Waals surface area contributed by atoms with Gasteiger partial charge in [0.1, 0.15) is 6.29 Å². The van der Waals surface area contributed by atoms with Crippen LogP contribution in [0.5, 0.6) is 0 Å². The van der Waals surface area contributed by atoms with Gasteiger partial charge in [0.15, 0.2) is 0 Å². The van der Waals surface area contributed by atoms with E-state index in [4.69, 9.17) is 9.79 Å². The number of unbranched alkanes of at least 4 members (excludes halogenated alkanes) is 5. The Morgan fingerprint density at radius 3 is 1.81 bits per heavy atom. The molecule has 0 bridgehead atoms. The first kappa shape index (κ1) is 29.3. The second kappa shape index (κ2) is 15.8. The van der Waals surface area contributed by atoms with Gasteiger partial charge in [-0.1, -0.05) is 46.6 Å². The van der Waals surface area contributed by atoms with Gasteiger partial charge in [-0.2, -0.15) is 0 Å². The standard InChI is InChI=1S/C10H25NO6P2.2K/c1-2-3-4-5-6-7-8-11(9-18(12,13)14)10-19(15,16)17;;/h2-10H2,1H3,(H2,12,13,14)(H2,15,16,17);;/q;2*+1/p-2. The Bertz CT molecular complexity index is 312. The van der Waals surface area contributed by atoms with Crippen LogP contribution in [0.1, 0.15) is 45.4 Å². The third-order valence-electron chi connectivity index (χ3n) is 2.59. The minimum absolute atomic E-state index is 0. The van der Waals surface area contributed by atoms with Crippen LogP contribution in [0.15, 0.2) is 0 Å². The summed E-state index contributed by atoms with van der Waals surface area (Å²) in [5.41, 5.74) is 0. The van der Waals surface area contributed by atoms with Crippen molar-refractivity contribution < 1.29 is 131 Å². The predicted molar refractivity (Wildman–Crippen MR) is 69.5 cm³/mol. The van der Waals surface area contributed by atoms with E-state index >= 15 is 0 Å². The Morgan fingerprint density at radius 1 is 0.905 bits per heavy atom. The van der Waals surface area contributed by atoms with Crippen molar-refractivity contribution in [3.63, 3.8) is 0 Å². The first-order valence-corrected chi connectivity index (χ1v) is 9.94. The van der Waals surface area contributed by atoms with Gasteiger partial charge < -0.3 is 24.1 Å². The SMILES string of the molecule is CCCCCCCCN(CP(=O)([O-])[O-])CP(=O)(O)O.[K+].[K+]. The van der Waals surface area contributed by atoms with Gasteiger partial charge in [0.25, 0.3) is 0 Å². The van der Waals surface area contributed by atoms with Gasteiger partial charge in [-0.15, -0.1) is 0 Å². The van der Waals surface area contributed by atoms with Gasteiger partial charge in [0, 0.05) is 6.29 Å². The molecule has 2 N–H and O–H groups in total. The molecule has 0 rings (SSSR count). The molecule has 0 aliphatic rings. The summed E-state index contributed by atoms with van der Waals surface area (Å²) in [6.45, 7) is 2.31. The van der Waals surface area contributed by atoms with Crippen molar-refractivity contribution in [1.29, 1.82) is 0 Å². The minimum atomic E-state index is -4.79. The van der Waals surface area contributed by atoms with Crippen LogP contribution in [0.25, 0.3) is 0 Å². The summed E-state index contributed by atoms with van der Waals surface area (Å²) >= 11 is 0. The van der Waals surface area contributed by atoms with Crippen molar-refractivity contribution in [2.45, 2.75) is 45.4 Å². The first-order valence-electron chi connectivity index (χ1n) is 6.42. The average molecular weight is 393 g/mol. The Morgan fingerprint density at radius 2 is 1.38 bits per heavy atom. The third kappa shape index (κ3) is 23.5. The molecule has 0 atom stereocenters. The number of rotatable bonds is 11. The zero-order chi connectivity index (χ0) is 14.9. The van der Waals surface area contributed by atoms with Crippen LogP contribution < -0.4 is 113 Å². The summed E-state index contributed by atoms with van der Waals surface area (Å²) in [7, 11) is -9.14. The molecule has 116 valence electrons. The molecule has 7 nitrogen and oxygen atoms in total. The van der Waals surface area contributed by atoms with Crippen molar-refractivity contribution in [3.8, 4) is 0 Å². The Balaban J connectivity index is -0.00000162. The molecule has 0 radical (unpaired) electrons. The van der Waals surface area contributed by atoms with Crippen molar-refractivity contribution in [3.05, 3.63) is 0 Å². The number of nitrogens with zero attached hydrogens (tertiary/aromatic N) is 1. The topological polar surface area (TPSA) is 124 Å². The maximum Gasteiger partial charge on any atom is 1.00 e. The number of hydrogen-bond acceptors (Lipinski definition) is 5. The molecule has 0 unspecified atom stereocenters. The van der Waals surface area contributed by atoms with Gasteiger partial charge in [-0.25, -0.2) is 0 Å².